The molecule has 1 aromatic carbocycles. The number of aromatic nitrogens is 4. The fourth-order valence-corrected chi connectivity index (χ4v) is 2.91. The summed E-state index contributed by atoms with van der Waals surface area (Å²) in [5.74, 6) is 0.329. The van der Waals surface area contributed by atoms with Crippen molar-refractivity contribution in [2.45, 2.75) is 5.16 Å². The maximum atomic E-state index is 11.4. The predicted octanol–water partition coefficient (Wildman–Crippen LogP) is 1.77. The van der Waals surface area contributed by atoms with E-state index in [0.29, 0.717) is 28.5 Å². The topological polar surface area (TPSA) is 113 Å². The van der Waals surface area contributed by atoms with Crippen LogP contribution in [0.4, 0.5) is 0 Å². The largest absolute Gasteiger partial charge is 0.544 e. The van der Waals surface area contributed by atoms with Crippen molar-refractivity contribution in [2.24, 2.45) is 0 Å². The molecule has 0 aliphatic carbocycles. The number of ether oxygens (including phenoxy) is 2. The van der Waals surface area contributed by atoms with Gasteiger partial charge in [0.1, 0.15) is 11.5 Å². The summed E-state index contributed by atoms with van der Waals surface area (Å²) >= 11 is 0.882. The average molecular weight is 383 g/mol. The van der Waals surface area contributed by atoms with Gasteiger partial charge in [0.2, 0.25) is 5.16 Å². The van der Waals surface area contributed by atoms with Crippen molar-refractivity contribution in [3.8, 4) is 22.9 Å². The fourth-order valence-electron chi connectivity index (χ4n) is 2.21. The monoisotopic (exact) mass is 383 g/mol. The number of carboxylic acid groups (broad SMARTS) is 1. The van der Waals surface area contributed by atoms with Crippen LogP contribution in [-0.2, 0) is 4.79 Å². The van der Waals surface area contributed by atoms with Gasteiger partial charge in [0.15, 0.2) is 5.82 Å². The number of carbonyl (C=O) groups is 1. The molecule has 0 saturated carbocycles. The van der Waals surface area contributed by atoms with Crippen LogP contribution in [0.5, 0.6) is 11.5 Å². The average Bonchev–Trinajstić information content (AvgIpc) is 3.16. The van der Waals surface area contributed by atoms with Crippen molar-refractivity contribution in [1.82, 2.24) is 20.2 Å². The lowest BCUT2D eigenvalue weighted by Gasteiger charge is -2.06. The van der Waals surface area contributed by atoms with Gasteiger partial charge in [0.05, 0.1) is 20.2 Å². The number of carbonyl (C=O) groups excluding carboxylic acids is 1. The molecule has 0 spiro atoms. The van der Waals surface area contributed by atoms with E-state index in [-0.39, 0.29) is 10.1 Å². The third kappa shape index (κ3) is 4.64. The van der Waals surface area contributed by atoms with Gasteiger partial charge >= 0.3 is 0 Å². The Morgan fingerprint density at radius 3 is 2.56 bits per heavy atom. The van der Waals surface area contributed by atoms with Crippen LogP contribution in [-0.4, -0.2) is 40.4 Å². The molecule has 1 N–H and O–H groups in total. The number of benzene rings is 1. The smallest absolute Gasteiger partial charge is 0.213 e. The maximum absolute atomic E-state index is 11.4. The van der Waals surface area contributed by atoms with Gasteiger partial charge < -0.3 is 19.4 Å². The lowest BCUT2D eigenvalue weighted by molar-refractivity contribution is -0.297. The standard InChI is InChI=1S/C18H16N4O4S/c1-25-13-7-12(8-14(9-13)26-2)16-20-18(22-21-16)27-15(17(23)24)6-11-4-3-5-19-10-11/h3-10H,1-2H3,(H,23,24)(H,20,21,22)/p-1/b15-6+. The van der Waals surface area contributed by atoms with Gasteiger partial charge in [-0.2, -0.15) is 0 Å². The number of rotatable bonds is 7. The quantitative estimate of drug-likeness (QED) is 0.485. The molecule has 0 atom stereocenters. The molecule has 0 fully saturated rings. The predicted molar refractivity (Wildman–Crippen MR) is 98.0 cm³/mol. The van der Waals surface area contributed by atoms with E-state index in [1.165, 1.54) is 6.08 Å². The zero-order valence-corrected chi connectivity index (χ0v) is 15.3. The summed E-state index contributed by atoms with van der Waals surface area (Å²) in [6.45, 7) is 0. The Labute approximate surface area is 159 Å². The van der Waals surface area contributed by atoms with E-state index in [1.807, 2.05) is 0 Å². The van der Waals surface area contributed by atoms with Crippen LogP contribution >= 0.6 is 11.8 Å². The van der Waals surface area contributed by atoms with Crippen LogP contribution in [0.2, 0.25) is 0 Å². The van der Waals surface area contributed by atoms with E-state index in [4.69, 9.17) is 9.47 Å². The molecule has 8 nitrogen and oxygen atoms in total. The third-order valence-corrected chi connectivity index (χ3v) is 4.34. The van der Waals surface area contributed by atoms with Crippen molar-refractivity contribution in [1.29, 1.82) is 0 Å². The highest BCUT2D eigenvalue weighted by atomic mass is 32.2. The molecule has 9 heteroatoms. The lowest BCUT2D eigenvalue weighted by atomic mass is 10.2. The molecule has 0 bridgehead atoms. The van der Waals surface area contributed by atoms with Gasteiger partial charge in [-0.15, -0.1) is 5.10 Å². The van der Waals surface area contributed by atoms with Gasteiger partial charge in [0, 0.05) is 28.9 Å². The van der Waals surface area contributed by atoms with E-state index in [1.54, 1.807) is 56.9 Å². The number of hydrogen-bond donors (Lipinski definition) is 1. The Morgan fingerprint density at radius 1 is 1.22 bits per heavy atom. The molecule has 3 rings (SSSR count). The first-order chi connectivity index (χ1) is 13.1. The number of carboxylic acids is 1. The Morgan fingerprint density at radius 2 is 1.96 bits per heavy atom. The second-order valence-corrected chi connectivity index (χ2v) is 6.26. The Kier molecular flexibility index (Phi) is 5.72. The first-order valence-electron chi connectivity index (χ1n) is 7.76. The number of pyridine rings is 1. The van der Waals surface area contributed by atoms with E-state index in [2.05, 4.69) is 20.2 Å². The normalized spacial score (nSPS) is 11.3. The van der Waals surface area contributed by atoms with Crippen molar-refractivity contribution in [2.75, 3.05) is 14.2 Å². The summed E-state index contributed by atoms with van der Waals surface area (Å²) in [6.07, 6.45) is 4.61. The van der Waals surface area contributed by atoms with Crippen LogP contribution in [0, 0.1) is 0 Å². The summed E-state index contributed by atoms with van der Waals surface area (Å²) in [4.78, 5) is 19.7. The highest BCUT2D eigenvalue weighted by Gasteiger charge is 2.12. The molecular weight excluding hydrogens is 368 g/mol. The minimum atomic E-state index is -1.32. The summed E-state index contributed by atoms with van der Waals surface area (Å²) in [5.41, 5.74) is 1.33. The number of aliphatic carboxylic acids is 1. The summed E-state index contributed by atoms with van der Waals surface area (Å²) < 4.78 is 10.5. The Bertz CT molecular complexity index is 950. The molecular formula is C18H15N4O4S-. The molecule has 3 aromatic rings. The molecule has 27 heavy (non-hydrogen) atoms. The maximum Gasteiger partial charge on any atom is 0.213 e. The van der Waals surface area contributed by atoms with Crippen LogP contribution in [0.15, 0.2) is 52.8 Å². The molecule has 0 amide bonds. The molecule has 0 radical (unpaired) electrons. The Balaban J connectivity index is 1.87. The van der Waals surface area contributed by atoms with Crippen LogP contribution in [0.3, 0.4) is 0 Å². The number of thioether (sulfide) groups is 1. The van der Waals surface area contributed by atoms with Crippen molar-refractivity contribution in [3.05, 3.63) is 53.2 Å². The van der Waals surface area contributed by atoms with Crippen molar-refractivity contribution < 1.29 is 19.4 Å². The minimum absolute atomic E-state index is 0.0308. The first-order valence-corrected chi connectivity index (χ1v) is 8.57. The van der Waals surface area contributed by atoms with E-state index >= 15 is 0 Å². The number of hydrogen-bond acceptors (Lipinski definition) is 8. The van der Waals surface area contributed by atoms with Crippen molar-refractivity contribution in [3.63, 3.8) is 0 Å². The number of nitrogens with zero attached hydrogens (tertiary/aromatic N) is 3. The summed E-state index contributed by atoms with van der Waals surface area (Å²) in [6, 6.07) is 8.72. The zero-order valence-electron chi connectivity index (χ0n) is 14.5. The second-order valence-electron chi connectivity index (χ2n) is 5.25. The Hall–Kier alpha value is -3.33. The number of aromatic amines is 1. The lowest BCUT2D eigenvalue weighted by Crippen LogP contribution is -2.23. The van der Waals surface area contributed by atoms with Crippen LogP contribution < -0.4 is 14.6 Å². The molecule has 138 valence electrons. The summed E-state index contributed by atoms with van der Waals surface area (Å²) in [7, 11) is 3.10. The van der Waals surface area contributed by atoms with Gasteiger partial charge in [0.25, 0.3) is 0 Å². The third-order valence-electron chi connectivity index (χ3n) is 3.47. The first kappa shape index (κ1) is 18.5. The molecule has 2 heterocycles. The van der Waals surface area contributed by atoms with E-state index in [0.717, 1.165) is 11.8 Å². The second kappa shape index (κ2) is 8.37. The van der Waals surface area contributed by atoms with Crippen LogP contribution in [0.1, 0.15) is 5.56 Å². The van der Waals surface area contributed by atoms with Gasteiger partial charge in [-0.05, 0) is 41.6 Å². The van der Waals surface area contributed by atoms with E-state index in [9.17, 15) is 9.90 Å². The van der Waals surface area contributed by atoms with Gasteiger partial charge in [-0.1, -0.05) is 6.07 Å². The molecule has 0 aliphatic rings. The molecule has 0 unspecified atom stereocenters. The molecule has 0 aliphatic heterocycles. The zero-order chi connectivity index (χ0) is 19.2. The fraction of sp³-hybridized carbons (Fsp3) is 0.111. The molecule has 0 saturated heterocycles. The number of methoxy groups -OCH3 is 2. The highest BCUT2D eigenvalue weighted by Crippen LogP contribution is 2.30. The number of H-pyrrole nitrogens is 1. The summed E-state index contributed by atoms with van der Waals surface area (Å²) in [5, 5.41) is 18.5. The van der Waals surface area contributed by atoms with Crippen molar-refractivity contribution >= 4 is 23.8 Å². The minimum Gasteiger partial charge on any atom is -0.544 e. The highest BCUT2D eigenvalue weighted by molar-refractivity contribution is 8.04. The van der Waals surface area contributed by atoms with E-state index < -0.39 is 5.97 Å². The van der Waals surface area contributed by atoms with Gasteiger partial charge in [-0.3, -0.25) is 10.1 Å². The molecule has 2 aromatic heterocycles. The van der Waals surface area contributed by atoms with Crippen LogP contribution in [0.25, 0.3) is 17.5 Å². The number of nitrogens with one attached hydrogen (secondary N) is 1. The van der Waals surface area contributed by atoms with Gasteiger partial charge in [-0.25, -0.2) is 4.98 Å². The SMILES string of the molecule is COc1cc(OC)cc(-c2nc(S/C(=C/c3cccnc3)C(=O)[O-])n[nH]2)c1.